The molecule has 0 unspecified atom stereocenters. The van der Waals surface area contributed by atoms with Gasteiger partial charge < -0.3 is 11.5 Å². The largest absolute Gasteiger partial charge is 0.399 e. The number of benzene rings is 1. The Morgan fingerprint density at radius 2 is 1.64 bits per heavy atom. The first-order valence-corrected chi connectivity index (χ1v) is 2.82. The maximum Gasteiger partial charge on any atom is 0.0345 e. The maximum absolute atomic E-state index is 5.53. The lowest BCUT2D eigenvalue weighted by atomic mass is 10.2. The number of hydrogen-bond acceptors (Lipinski definition) is 2. The molecule has 64 valence electrons. The van der Waals surface area contributed by atoms with Crippen molar-refractivity contribution in [2.75, 3.05) is 11.5 Å². The predicted octanol–water partition coefficient (Wildman–Crippen LogP) is 2.32. The molecular formula is C7H12Br2N2. The Hall–Kier alpha value is -0.220. The summed E-state index contributed by atoms with van der Waals surface area (Å²) < 4.78 is 0. The summed E-state index contributed by atoms with van der Waals surface area (Å²) in [5.74, 6) is 0. The molecular weight excluding hydrogens is 272 g/mol. The third-order valence-electron chi connectivity index (χ3n) is 1.29. The Morgan fingerprint density at radius 1 is 1.09 bits per heavy atom. The lowest BCUT2D eigenvalue weighted by Gasteiger charge is -1.98. The average molecular weight is 284 g/mol. The van der Waals surface area contributed by atoms with E-state index in [1.165, 1.54) is 0 Å². The van der Waals surface area contributed by atoms with Crippen LogP contribution in [0.3, 0.4) is 0 Å². The number of hydrogen-bond donors (Lipinski definition) is 2. The minimum absolute atomic E-state index is 0. The number of nitrogen functional groups attached to an aromatic ring is 2. The second-order valence-electron chi connectivity index (χ2n) is 2.12. The fraction of sp³-hybridized carbons (Fsp3) is 0.143. The number of anilines is 2. The average Bonchev–Trinajstić information content (AvgIpc) is 1.80. The zero-order valence-corrected chi connectivity index (χ0v) is 9.63. The van der Waals surface area contributed by atoms with Gasteiger partial charge in [0.15, 0.2) is 0 Å². The van der Waals surface area contributed by atoms with E-state index in [1.54, 1.807) is 6.07 Å². The van der Waals surface area contributed by atoms with Crippen LogP contribution in [0, 0.1) is 6.92 Å². The molecule has 0 aliphatic rings. The van der Waals surface area contributed by atoms with Crippen molar-refractivity contribution in [3.8, 4) is 0 Å². The van der Waals surface area contributed by atoms with Crippen LogP contribution in [0.5, 0.6) is 0 Å². The number of halogens is 2. The van der Waals surface area contributed by atoms with Crippen molar-refractivity contribution in [3.63, 3.8) is 0 Å². The first-order chi connectivity index (χ1) is 4.20. The SMILES string of the molecule is Br.Br.Cc1cc(N)ccc1N. The second-order valence-corrected chi connectivity index (χ2v) is 2.12. The molecule has 1 aromatic rings. The predicted molar refractivity (Wildman–Crippen MR) is 60.6 cm³/mol. The highest BCUT2D eigenvalue weighted by Gasteiger charge is 1.90. The van der Waals surface area contributed by atoms with Gasteiger partial charge in [-0.1, -0.05) is 0 Å². The van der Waals surface area contributed by atoms with Crippen LogP contribution >= 0.6 is 34.0 Å². The Balaban J connectivity index is 0. The molecule has 0 aromatic heterocycles. The van der Waals surface area contributed by atoms with Gasteiger partial charge in [-0.3, -0.25) is 0 Å². The molecule has 1 aromatic carbocycles. The number of rotatable bonds is 0. The fourth-order valence-corrected chi connectivity index (χ4v) is 0.699. The van der Waals surface area contributed by atoms with Crippen LogP contribution in [0.2, 0.25) is 0 Å². The lowest BCUT2D eigenvalue weighted by molar-refractivity contribution is 1.47. The van der Waals surface area contributed by atoms with Crippen LogP contribution < -0.4 is 11.5 Å². The van der Waals surface area contributed by atoms with E-state index >= 15 is 0 Å². The van der Waals surface area contributed by atoms with Gasteiger partial charge in [0.1, 0.15) is 0 Å². The molecule has 1 rings (SSSR count). The highest BCUT2D eigenvalue weighted by atomic mass is 79.9. The van der Waals surface area contributed by atoms with Crippen molar-refractivity contribution in [1.29, 1.82) is 0 Å². The fourth-order valence-electron chi connectivity index (χ4n) is 0.699. The molecule has 0 aliphatic heterocycles. The van der Waals surface area contributed by atoms with Crippen molar-refractivity contribution in [3.05, 3.63) is 23.8 Å². The molecule has 0 saturated heterocycles. The molecule has 4 heteroatoms. The molecule has 2 nitrogen and oxygen atoms in total. The summed E-state index contributed by atoms with van der Waals surface area (Å²) in [5, 5.41) is 0. The molecule has 0 fully saturated rings. The maximum atomic E-state index is 5.53. The Labute approximate surface area is 87.5 Å². The Bertz CT molecular complexity index is 226. The molecule has 11 heavy (non-hydrogen) atoms. The second kappa shape index (κ2) is 5.43. The van der Waals surface area contributed by atoms with E-state index in [2.05, 4.69) is 0 Å². The van der Waals surface area contributed by atoms with Crippen LogP contribution in [-0.2, 0) is 0 Å². The van der Waals surface area contributed by atoms with E-state index in [1.807, 2.05) is 19.1 Å². The van der Waals surface area contributed by atoms with Crippen LogP contribution in [0.15, 0.2) is 18.2 Å². The molecule has 0 amide bonds. The normalized spacial score (nSPS) is 7.73. The van der Waals surface area contributed by atoms with Gasteiger partial charge in [-0.05, 0) is 30.7 Å². The van der Waals surface area contributed by atoms with E-state index in [9.17, 15) is 0 Å². The number of aryl methyl sites for hydroxylation is 1. The molecule has 4 N–H and O–H groups in total. The third kappa shape index (κ3) is 3.62. The summed E-state index contributed by atoms with van der Waals surface area (Å²) in [4.78, 5) is 0. The van der Waals surface area contributed by atoms with E-state index < -0.39 is 0 Å². The zero-order valence-electron chi connectivity index (χ0n) is 6.20. The summed E-state index contributed by atoms with van der Waals surface area (Å²) in [7, 11) is 0. The monoisotopic (exact) mass is 282 g/mol. The van der Waals surface area contributed by atoms with Gasteiger partial charge in [0.25, 0.3) is 0 Å². The third-order valence-corrected chi connectivity index (χ3v) is 1.29. The van der Waals surface area contributed by atoms with Crippen molar-refractivity contribution in [1.82, 2.24) is 0 Å². The summed E-state index contributed by atoms with van der Waals surface area (Å²) in [6.07, 6.45) is 0. The lowest BCUT2D eigenvalue weighted by Crippen LogP contribution is -1.91. The molecule has 0 saturated carbocycles. The van der Waals surface area contributed by atoms with Crippen LogP contribution in [0.4, 0.5) is 11.4 Å². The Kier molecular flexibility index (Phi) is 6.61. The smallest absolute Gasteiger partial charge is 0.0345 e. The van der Waals surface area contributed by atoms with Crippen molar-refractivity contribution >= 4 is 45.3 Å². The standard InChI is InChI=1S/C7H10N2.2BrH/c1-5-4-6(8)2-3-7(5)9;;/h2-4H,8-9H2,1H3;2*1H. The topological polar surface area (TPSA) is 52.0 Å². The molecule has 0 atom stereocenters. The van der Waals surface area contributed by atoms with Crippen LogP contribution in [0.25, 0.3) is 0 Å². The minimum Gasteiger partial charge on any atom is -0.399 e. The van der Waals surface area contributed by atoms with Gasteiger partial charge in [-0.25, -0.2) is 0 Å². The van der Waals surface area contributed by atoms with Gasteiger partial charge in [-0.15, -0.1) is 34.0 Å². The summed E-state index contributed by atoms with van der Waals surface area (Å²) in [6.45, 7) is 1.94. The van der Waals surface area contributed by atoms with Crippen molar-refractivity contribution < 1.29 is 0 Å². The van der Waals surface area contributed by atoms with Gasteiger partial charge in [0, 0.05) is 11.4 Å². The molecule has 0 spiro atoms. The van der Waals surface area contributed by atoms with Gasteiger partial charge in [0.2, 0.25) is 0 Å². The summed E-state index contributed by atoms with van der Waals surface area (Å²) in [6, 6.07) is 5.46. The molecule has 0 aliphatic carbocycles. The number of nitrogens with two attached hydrogens (primary N) is 2. The molecule has 0 heterocycles. The van der Waals surface area contributed by atoms with Crippen molar-refractivity contribution in [2.45, 2.75) is 6.92 Å². The van der Waals surface area contributed by atoms with Gasteiger partial charge in [0.05, 0.1) is 0 Å². The summed E-state index contributed by atoms with van der Waals surface area (Å²) >= 11 is 0. The Morgan fingerprint density at radius 3 is 2.00 bits per heavy atom. The van der Waals surface area contributed by atoms with E-state index in [0.717, 1.165) is 16.9 Å². The molecule has 0 radical (unpaired) electrons. The highest BCUT2D eigenvalue weighted by molar-refractivity contribution is 8.93. The van der Waals surface area contributed by atoms with E-state index in [4.69, 9.17) is 11.5 Å². The quantitative estimate of drug-likeness (QED) is 0.718. The van der Waals surface area contributed by atoms with Crippen LogP contribution in [0.1, 0.15) is 5.56 Å². The summed E-state index contributed by atoms with van der Waals surface area (Å²) in [5.41, 5.74) is 13.6. The first kappa shape index (κ1) is 13.4. The first-order valence-electron chi connectivity index (χ1n) is 2.82. The molecule has 0 bridgehead atoms. The zero-order chi connectivity index (χ0) is 6.85. The van der Waals surface area contributed by atoms with Crippen LogP contribution in [-0.4, -0.2) is 0 Å². The minimum atomic E-state index is 0. The van der Waals surface area contributed by atoms with Gasteiger partial charge in [-0.2, -0.15) is 0 Å². The highest BCUT2D eigenvalue weighted by Crippen LogP contribution is 2.12. The van der Waals surface area contributed by atoms with Gasteiger partial charge >= 0.3 is 0 Å². The van der Waals surface area contributed by atoms with E-state index in [-0.39, 0.29) is 34.0 Å². The van der Waals surface area contributed by atoms with E-state index in [0.29, 0.717) is 0 Å². The van der Waals surface area contributed by atoms with Crippen molar-refractivity contribution in [2.24, 2.45) is 0 Å².